The number of nitrogens with zero attached hydrogens (tertiary/aromatic N) is 3. The number of carboxylic acids is 1. The average Bonchev–Trinajstić information content (AvgIpc) is 2.87. The number of carbonyl (C=O) groups excluding carboxylic acids is 1. The van der Waals surface area contributed by atoms with Crippen molar-refractivity contribution in [2.45, 2.75) is 37.6 Å². The first kappa shape index (κ1) is 12.5. The van der Waals surface area contributed by atoms with Crippen molar-refractivity contribution in [2.24, 2.45) is 7.05 Å². The van der Waals surface area contributed by atoms with Gasteiger partial charge in [0, 0.05) is 7.05 Å². The van der Waals surface area contributed by atoms with Crippen LogP contribution in [0.5, 0.6) is 0 Å². The van der Waals surface area contributed by atoms with Crippen molar-refractivity contribution in [3.05, 3.63) is 11.9 Å². The molecule has 1 amide bonds. The van der Waals surface area contributed by atoms with Crippen molar-refractivity contribution in [3.8, 4) is 0 Å². The van der Waals surface area contributed by atoms with Crippen LogP contribution in [0.3, 0.4) is 0 Å². The van der Waals surface area contributed by atoms with Crippen LogP contribution in [0.1, 0.15) is 42.6 Å². The van der Waals surface area contributed by atoms with E-state index in [9.17, 15) is 9.59 Å². The van der Waals surface area contributed by atoms with Crippen LogP contribution in [0.2, 0.25) is 0 Å². The van der Waals surface area contributed by atoms with Gasteiger partial charge in [-0.3, -0.25) is 9.59 Å². The summed E-state index contributed by atoms with van der Waals surface area (Å²) in [4.78, 5) is 24.2. The number of aromatic nitrogens is 3. The van der Waals surface area contributed by atoms with Gasteiger partial charge < -0.3 is 10.4 Å². The maximum Gasteiger partial charge on any atom is 0.305 e. The highest BCUT2D eigenvalue weighted by atomic mass is 16.4. The van der Waals surface area contributed by atoms with E-state index in [0.717, 1.165) is 12.8 Å². The second-order valence-corrected chi connectivity index (χ2v) is 4.73. The zero-order valence-corrected chi connectivity index (χ0v) is 10.2. The Hall–Kier alpha value is -1.92. The summed E-state index contributed by atoms with van der Waals surface area (Å²) in [5, 5.41) is 19.5. The second kappa shape index (κ2) is 4.75. The van der Waals surface area contributed by atoms with Crippen molar-refractivity contribution < 1.29 is 14.7 Å². The number of rotatable bonds is 4. The quantitative estimate of drug-likeness (QED) is 0.805. The van der Waals surface area contributed by atoms with Gasteiger partial charge in [-0.05, 0) is 12.8 Å². The Morgan fingerprint density at radius 3 is 2.67 bits per heavy atom. The smallest absolute Gasteiger partial charge is 0.305 e. The van der Waals surface area contributed by atoms with Crippen molar-refractivity contribution in [3.63, 3.8) is 0 Å². The van der Waals surface area contributed by atoms with Crippen molar-refractivity contribution >= 4 is 11.9 Å². The maximum atomic E-state index is 12.0. The molecule has 7 nitrogen and oxygen atoms in total. The summed E-state index contributed by atoms with van der Waals surface area (Å²) in [5.41, 5.74) is -0.408. The van der Waals surface area contributed by atoms with E-state index in [1.54, 1.807) is 7.05 Å². The van der Waals surface area contributed by atoms with Crippen molar-refractivity contribution in [2.75, 3.05) is 0 Å². The Labute approximate surface area is 104 Å². The predicted octanol–water partition coefficient (Wildman–Crippen LogP) is 0.332. The lowest BCUT2D eigenvalue weighted by molar-refractivity contribution is -0.138. The van der Waals surface area contributed by atoms with Gasteiger partial charge in [-0.1, -0.05) is 12.8 Å². The third-order valence-electron chi connectivity index (χ3n) is 3.26. The molecule has 1 saturated carbocycles. The lowest BCUT2D eigenvalue weighted by atomic mass is 9.93. The van der Waals surface area contributed by atoms with Gasteiger partial charge in [-0.2, -0.15) is 9.90 Å². The van der Waals surface area contributed by atoms with E-state index in [0.29, 0.717) is 12.8 Å². The highest BCUT2D eigenvalue weighted by Crippen LogP contribution is 2.32. The molecule has 2 N–H and O–H groups in total. The molecule has 0 spiro atoms. The van der Waals surface area contributed by atoms with E-state index in [4.69, 9.17) is 5.11 Å². The summed E-state index contributed by atoms with van der Waals surface area (Å²) in [7, 11) is 1.62. The summed E-state index contributed by atoms with van der Waals surface area (Å²) >= 11 is 0. The number of nitrogens with one attached hydrogen (secondary N) is 1. The van der Waals surface area contributed by atoms with Crippen LogP contribution in [0.15, 0.2) is 6.20 Å². The normalized spacial score (nSPS) is 17.6. The van der Waals surface area contributed by atoms with E-state index in [2.05, 4.69) is 15.5 Å². The molecule has 0 atom stereocenters. The highest BCUT2D eigenvalue weighted by Gasteiger charge is 2.38. The first-order valence-electron chi connectivity index (χ1n) is 5.91. The largest absolute Gasteiger partial charge is 0.481 e. The van der Waals surface area contributed by atoms with Gasteiger partial charge in [-0.25, -0.2) is 0 Å². The molecule has 0 aromatic carbocycles. The first-order chi connectivity index (χ1) is 8.51. The molecule has 0 unspecified atom stereocenters. The lowest BCUT2D eigenvalue weighted by Gasteiger charge is -2.28. The molecule has 7 heteroatoms. The Morgan fingerprint density at radius 2 is 2.17 bits per heavy atom. The fourth-order valence-corrected chi connectivity index (χ4v) is 2.44. The predicted molar refractivity (Wildman–Crippen MR) is 61.9 cm³/mol. The number of amides is 1. The number of hydrogen-bond donors (Lipinski definition) is 2. The highest BCUT2D eigenvalue weighted by molar-refractivity contribution is 5.92. The zero-order valence-electron chi connectivity index (χ0n) is 10.2. The van der Waals surface area contributed by atoms with E-state index in [1.165, 1.54) is 11.0 Å². The number of aliphatic carboxylic acids is 1. The van der Waals surface area contributed by atoms with E-state index < -0.39 is 11.5 Å². The molecule has 0 radical (unpaired) electrons. The number of carboxylic acid groups (broad SMARTS) is 1. The average molecular weight is 252 g/mol. The fourth-order valence-electron chi connectivity index (χ4n) is 2.44. The van der Waals surface area contributed by atoms with Crippen molar-refractivity contribution in [1.82, 2.24) is 20.3 Å². The minimum Gasteiger partial charge on any atom is -0.481 e. The minimum atomic E-state index is -0.892. The lowest BCUT2D eigenvalue weighted by Crippen LogP contribution is -2.48. The molecule has 18 heavy (non-hydrogen) atoms. The molecule has 1 aliphatic rings. The standard InChI is InChI=1S/C11H16N4O3/c1-15-12-7-8(14-15)10(18)13-11(6-9(16)17)4-2-3-5-11/h7H,2-6H2,1H3,(H,13,18)(H,16,17). The molecular weight excluding hydrogens is 236 g/mol. The molecule has 1 aliphatic carbocycles. The van der Waals surface area contributed by atoms with Crippen LogP contribution in [-0.2, 0) is 11.8 Å². The minimum absolute atomic E-state index is 0.0427. The van der Waals surface area contributed by atoms with Crippen LogP contribution >= 0.6 is 0 Å². The molecular formula is C11H16N4O3. The van der Waals surface area contributed by atoms with Gasteiger partial charge in [0.1, 0.15) is 0 Å². The van der Waals surface area contributed by atoms with Crippen LogP contribution in [0.4, 0.5) is 0 Å². The number of carbonyl (C=O) groups is 2. The van der Waals surface area contributed by atoms with Crippen LogP contribution in [-0.4, -0.2) is 37.5 Å². The van der Waals surface area contributed by atoms with Gasteiger partial charge >= 0.3 is 5.97 Å². The summed E-state index contributed by atoms with van der Waals surface area (Å²) in [5.74, 6) is -1.25. The summed E-state index contributed by atoms with van der Waals surface area (Å²) in [6.45, 7) is 0. The SMILES string of the molecule is Cn1ncc(C(=O)NC2(CC(=O)O)CCCC2)n1. The molecule has 1 fully saturated rings. The number of aryl methyl sites for hydroxylation is 1. The molecule has 1 heterocycles. The fraction of sp³-hybridized carbons (Fsp3) is 0.636. The monoisotopic (exact) mass is 252 g/mol. The van der Waals surface area contributed by atoms with Gasteiger partial charge in [0.25, 0.3) is 5.91 Å². The van der Waals surface area contributed by atoms with Gasteiger partial charge in [0.15, 0.2) is 5.69 Å². The molecule has 98 valence electrons. The number of hydrogen-bond acceptors (Lipinski definition) is 4. The maximum absolute atomic E-state index is 12.0. The second-order valence-electron chi connectivity index (χ2n) is 4.73. The van der Waals surface area contributed by atoms with Crippen molar-refractivity contribution in [1.29, 1.82) is 0 Å². The van der Waals surface area contributed by atoms with Gasteiger partial charge in [0.05, 0.1) is 18.2 Å². The van der Waals surface area contributed by atoms with E-state index >= 15 is 0 Å². The van der Waals surface area contributed by atoms with Gasteiger partial charge in [-0.15, -0.1) is 5.10 Å². The molecule has 1 aromatic rings. The molecule has 1 aromatic heterocycles. The first-order valence-corrected chi connectivity index (χ1v) is 5.91. The zero-order chi connectivity index (χ0) is 13.2. The Kier molecular flexibility index (Phi) is 3.31. The van der Waals surface area contributed by atoms with E-state index in [-0.39, 0.29) is 18.0 Å². The third-order valence-corrected chi connectivity index (χ3v) is 3.26. The third kappa shape index (κ3) is 2.66. The molecule has 2 rings (SSSR count). The Balaban J connectivity index is 2.09. The summed E-state index contributed by atoms with van der Waals surface area (Å²) < 4.78 is 0. The van der Waals surface area contributed by atoms with Crippen LogP contribution in [0.25, 0.3) is 0 Å². The molecule has 0 aliphatic heterocycles. The Morgan fingerprint density at radius 1 is 1.50 bits per heavy atom. The Bertz CT molecular complexity index is 463. The molecule has 0 bridgehead atoms. The van der Waals surface area contributed by atoms with Crippen LogP contribution < -0.4 is 5.32 Å². The van der Waals surface area contributed by atoms with E-state index in [1.807, 2.05) is 0 Å². The summed E-state index contributed by atoms with van der Waals surface area (Å²) in [6, 6.07) is 0. The topological polar surface area (TPSA) is 97.1 Å². The van der Waals surface area contributed by atoms with Crippen LogP contribution in [0, 0.1) is 0 Å². The summed E-state index contributed by atoms with van der Waals surface area (Å²) in [6.07, 6.45) is 4.61. The van der Waals surface area contributed by atoms with Gasteiger partial charge in [0.2, 0.25) is 0 Å². The molecule has 0 saturated heterocycles.